The van der Waals surface area contributed by atoms with E-state index < -0.39 is 5.41 Å². The third kappa shape index (κ3) is 4.14. The maximum Gasteiger partial charge on any atom is 0.233 e. The second-order valence-electron chi connectivity index (χ2n) is 5.68. The Morgan fingerprint density at radius 2 is 2.00 bits per heavy atom. The predicted octanol–water partition coefficient (Wildman–Crippen LogP) is 2.01. The molecular formula is C14H26N2O2S. The van der Waals surface area contributed by atoms with Crippen LogP contribution in [0.5, 0.6) is 0 Å². The molecule has 2 atom stereocenters. The van der Waals surface area contributed by atoms with Crippen molar-refractivity contribution in [2.45, 2.75) is 52.5 Å². The minimum absolute atomic E-state index is 0.0286. The molecule has 0 bridgehead atoms. The maximum absolute atomic E-state index is 12.5. The minimum Gasteiger partial charge on any atom is -0.392 e. The van der Waals surface area contributed by atoms with Gasteiger partial charge in [0.25, 0.3) is 0 Å². The Balaban J connectivity index is 2.65. The molecule has 1 amide bonds. The van der Waals surface area contributed by atoms with Gasteiger partial charge >= 0.3 is 0 Å². The van der Waals surface area contributed by atoms with E-state index in [0.717, 1.165) is 12.8 Å². The third-order valence-corrected chi connectivity index (χ3v) is 4.47. The molecule has 1 saturated heterocycles. The number of nitrogens with one attached hydrogen (secondary N) is 1. The highest BCUT2D eigenvalue weighted by atomic mass is 32.1. The summed E-state index contributed by atoms with van der Waals surface area (Å²) in [6.07, 6.45) is 3.27. The van der Waals surface area contributed by atoms with Gasteiger partial charge in [0, 0.05) is 19.3 Å². The molecule has 0 spiro atoms. The van der Waals surface area contributed by atoms with E-state index >= 15 is 0 Å². The molecule has 0 aromatic rings. The Labute approximate surface area is 121 Å². The van der Waals surface area contributed by atoms with Crippen molar-refractivity contribution in [2.24, 2.45) is 17.1 Å². The number of carbonyl (C=O) groups is 1. The molecule has 0 aromatic heterocycles. The minimum atomic E-state index is -0.711. The van der Waals surface area contributed by atoms with Gasteiger partial charge in [-0.15, -0.1) is 0 Å². The van der Waals surface area contributed by atoms with Crippen molar-refractivity contribution in [1.82, 2.24) is 5.32 Å². The van der Waals surface area contributed by atoms with Gasteiger partial charge in [-0.25, -0.2) is 0 Å². The number of ether oxygens (including phenoxy) is 1. The van der Waals surface area contributed by atoms with Crippen LogP contribution >= 0.6 is 12.2 Å². The van der Waals surface area contributed by atoms with Crippen molar-refractivity contribution in [3.05, 3.63) is 0 Å². The number of thiocarbonyl (C=S) groups is 1. The molecule has 1 rings (SSSR count). The van der Waals surface area contributed by atoms with Gasteiger partial charge in [-0.2, -0.15) is 0 Å². The fourth-order valence-electron chi connectivity index (χ4n) is 2.50. The summed E-state index contributed by atoms with van der Waals surface area (Å²) in [7, 11) is 0. The van der Waals surface area contributed by atoms with Gasteiger partial charge in [0.15, 0.2) is 0 Å². The van der Waals surface area contributed by atoms with E-state index in [9.17, 15) is 4.79 Å². The number of carbonyl (C=O) groups excluding carboxylic acids is 1. The van der Waals surface area contributed by atoms with Gasteiger partial charge in [0.1, 0.15) is 5.41 Å². The molecule has 1 fully saturated rings. The van der Waals surface area contributed by atoms with E-state index in [1.165, 1.54) is 0 Å². The molecule has 110 valence electrons. The van der Waals surface area contributed by atoms with Gasteiger partial charge in [-0.1, -0.05) is 32.5 Å². The first-order chi connectivity index (χ1) is 8.92. The lowest BCUT2D eigenvalue weighted by Crippen LogP contribution is -2.53. The summed E-state index contributed by atoms with van der Waals surface area (Å²) in [6.45, 7) is 7.49. The monoisotopic (exact) mass is 286 g/mol. The van der Waals surface area contributed by atoms with E-state index in [-0.39, 0.29) is 11.9 Å². The molecule has 19 heavy (non-hydrogen) atoms. The quantitative estimate of drug-likeness (QED) is 0.733. The highest BCUT2D eigenvalue weighted by Crippen LogP contribution is 2.31. The van der Waals surface area contributed by atoms with E-state index in [2.05, 4.69) is 19.2 Å². The Morgan fingerprint density at radius 3 is 2.47 bits per heavy atom. The number of hydrogen-bond acceptors (Lipinski definition) is 3. The van der Waals surface area contributed by atoms with Crippen LogP contribution in [0.4, 0.5) is 0 Å². The molecule has 1 aliphatic heterocycles. The van der Waals surface area contributed by atoms with Gasteiger partial charge in [-0.05, 0) is 32.1 Å². The van der Waals surface area contributed by atoms with Gasteiger partial charge in [-0.3, -0.25) is 4.79 Å². The first-order valence-corrected chi connectivity index (χ1v) is 7.51. The average molecular weight is 286 g/mol. The molecule has 1 aliphatic rings. The zero-order chi connectivity index (χ0) is 14.5. The van der Waals surface area contributed by atoms with E-state index in [0.29, 0.717) is 37.0 Å². The number of rotatable bonds is 6. The first-order valence-electron chi connectivity index (χ1n) is 7.11. The molecule has 5 heteroatoms. The number of hydrogen-bond donors (Lipinski definition) is 2. The van der Waals surface area contributed by atoms with Crippen LogP contribution in [0.2, 0.25) is 0 Å². The van der Waals surface area contributed by atoms with Crippen LogP contribution in [-0.4, -0.2) is 30.2 Å². The summed E-state index contributed by atoms with van der Waals surface area (Å²) in [4.78, 5) is 12.8. The lowest BCUT2D eigenvalue weighted by Gasteiger charge is -2.35. The smallest absolute Gasteiger partial charge is 0.233 e. The summed E-state index contributed by atoms with van der Waals surface area (Å²) in [5, 5.41) is 3.08. The molecule has 4 nitrogen and oxygen atoms in total. The average Bonchev–Trinajstić information content (AvgIpc) is 2.38. The molecule has 1 heterocycles. The molecule has 0 radical (unpaired) electrons. The van der Waals surface area contributed by atoms with Gasteiger partial charge < -0.3 is 15.8 Å². The van der Waals surface area contributed by atoms with Crippen LogP contribution in [0.15, 0.2) is 0 Å². The summed E-state index contributed by atoms with van der Waals surface area (Å²) >= 11 is 5.13. The fraction of sp³-hybridized carbons (Fsp3) is 0.857. The highest BCUT2D eigenvalue weighted by Gasteiger charge is 2.43. The molecule has 3 N–H and O–H groups in total. The van der Waals surface area contributed by atoms with Crippen LogP contribution in [-0.2, 0) is 9.53 Å². The summed E-state index contributed by atoms with van der Waals surface area (Å²) in [6, 6.07) is 0.150. The van der Waals surface area contributed by atoms with Crippen molar-refractivity contribution in [2.75, 3.05) is 13.2 Å². The molecule has 0 saturated carbocycles. The number of amides is 1. The van der Waals surface area contributed by atoms with Crippen LogP contribution in [0.3, 0.4) is 0 Å². The van der Waals surface area contributed by atoms with Crippen LogP contribution in [0, 0.1) is 11.3 Å². The SMILES string of the molecule is CCC(C)CC(C)NC(=O)C1(C(N)=S)CCOCC1. The summed E-state index contributed by atoms with van der Waals surface area (Å²) < 4.78 is 5.32. The summed E-state index contributed by atoms with van der Waals surface area (Å²) in [5.74, 6) is 0.574. The zero-order valence-corrected chi connectivity index (χ0v) is 13.0. The Kier molecular flexibility index (Phi) is 6.20. The van der Waals surface area contributed by atoms with E-state index in [4.69, 9.17) is 22.7 Å². The highest BCUT2D eigenvalue weighted by molar-refractivity contribution is 7.80. The van der Waals surface area contributed by atoms with Gasteiger partial charge in [0.2, 0.25) is 5.91 Å². The maximum atomic E-state index is 12.5. The lowest BCUT2D eigenvalue weighted by molar-refractivity contribution is -0.132. The van der Waals surface area contributed by atoms with Crippen molar-refractivity contribution in [3.63, 3.8) is 0 Å². The summed E-state index contributed by atoms with van der Waals surface area (Å²) in [5.41, 5.74) is 5.11. The largest absolute Gasteiger partial charge is 0.392 e. The predicted molar refractivity (Wildman–Crippen MR) is 80.9 cm³/mol. The molecule has 2 unspecified atom stereocenters. The van der Waals surface area contributed by atoms with Crippen molar-refractivity contribution in [1.29, 1.82) is 0 Å². The molecular weight excluding hydrogens is 260 g/mol. The standard InChI is InChI=1S/C14H26N2O2S/c1-4-10(2)9-11(3)16-13(17)14(12(15)19)5-7-18-8-6-14/h10-11H,4-9H2,1-3H3,(H2,15,19)(H,16,17). The second kappa shape index (κ2) is 7.20. The van der Waals surface area contributed by atoms with Crippen LogP contribution < -0.4 is 11.1 Å². The second-order valence-corrected chi connectivity index (χ2v) is 6.12. The van der Waals surface area contributed by atoms with Crippen molar-refractivity contribution < 1.29 is 9.53 Å². The normalized spacial score (nSPS) is 21.4. The molecule has 0 aromatic carbocycles. The Hall–Kier alpha value is -0.680. The molecule has 0 aliphatic carbocycles. The van der Waals surface area contributed by atoms with Crippen molar-refractivity contribution >= 4 is 23.1 Å². The fourth-order valence-corrected chi connectivity index (χ4v) is 2.79. The first kappa shape index (κ1) is 16.4. The van der Waals surface area contributed by atoms with E-state index in [1.807, 2.05) is 6.92 Å². The van der Waals surface area contributed by atoms with Crippen molar-refractivity contribution in [3.8, 4) is 0 Å². The Bertz CT molecular complexity index is 327. The Morgan fingerprint density at radius 1 is 1.42 bits per heavy atom. The van der Waals surface area contributed by atoms with Crippen LogP contribution in [0.25, 0.3) is 0 Å². The van der Waals surface area contributed by atoms with E-state index in [1.54, 1.807) is 0 Å². The lowest BCUT2D eigenvalue weighted by atomic mass is 9.79. The van der Waals surface area contributed by atoms with Gasteiger partial charge in [0.05, 0.1) is 4.99 Å². The zero-order valence-electron chi connectivity index (χ0n) is 12.2. The van der Waals surface area contributed by atoms with Crippen LogP contribution in [0.1, 0.15) is 46.5 Å². The topological polar surface area (TPSA) is 64.4 Å². The number of nitrogens with two attached hydrogens (primary N) is 1. The third-order valence-electron chi connectivity index (χ3n) is 4.08.